The first kappa shape index (κ1) is 14.3. The Morgan fingerprint density at radius 1 is 1.47 bits per heavy atom. The van der Waals surface area contributed by atoms with Gasteiger partial charge < -0.3 is 15.4 Å². The number of halogens is 1. The Labute approximate surface area is 114 Å². The van der Waals surface area contributed by atoms with Gasteiger partial charge in [0.15, 0.2) is 0 Å². The Morgan fingerprint density at radius 2 is 2.26 bits per heavy atom. The highest BCUT2D eigenvalue weighted by molar-refractivity contribution is 5.33. The van der Waals surface area contributed by atoms with Crippen LogP contribution in [-0.2, 0) is 6.54 Å². The van der Waals surface area contributed by atoms with Crippen molar-refractivity contribution in [2.75, 3.05) is 13.7 Å². The summed E-state index contributed by atoms with van der Waals surface area (Å²) in [5.74, 6) is 0.519. The molecule has 1 fully saturated rings. The summed E-state index contributed by atoms with van der Waals surface area (Å²) in [5, 5.41) is 7.00. The molecule has 1 aromatic rings. The van der Waals surface area contributed by atoms with E-state index in [2.05, 4.69) is 24.5 Å². The molecule has 1 unspecified atom stereocenters. The molecule has 1 aliphatic rings. The summed E-state index contributed by atoms with van der Waals surface area (Å²) >= 11 is 0. The van der Waals surface area contributed by atoms with Gasteiger partial charge in [-0.3, -0.25) is 0 Å². The molecule has 1 atom stereocenters. The smallest absolute Gasteiger partial charge is 0.123 e. The van der Waals surface area contributed by atoms with Crippen molar-refractivity contribution in [1.29, 1.82) is 0 Å². The first-order chi connectivity index (χ1) is 9.00. The van der Waals surface area contributed by atoms with Crippen LogP contribution < -0.4 is 15.4 Å². The molecule has 0 aliphatic carbocycles. The molecular formula is C15H23FN2O. The summed E-state index contributed by atoms with van der Waals surface area (Å²) in [5.41, 5.74) is 1.04. The van der Waals surface area contributed by atoms with Gasteiger partial charge in [-0.25, -0.2) is 4.39 Å². The number of benzene rings is 1. The molecule has 19 heavy (non-hydrogen) atoms. The molecule has 1 heterocycles. The van der Waals surface area contributed by atoms with Gasteiger partial charge in [-0.2, -0.15) is 0 Å². The lowest BCUT2D eigenvalue weighted by atomic mass is 9.89. The Kier molecular flexibility index (Phi) is 4.42. The van der Waals surface area contributed by atoms with Crippen LogP contribution in [0.25, 0.3) is 0 Å². The topological polar surface area (TPSA) is 33.3 Å². The van der Waals surface area contributed by atoms with E-state index >= 15 is 0 Å². The zero-order valence-electron chi connectivity index (χ0n) is 11.9. The van der Waals surface area contributed by atoms with Crippen LogP contribution in [0, 0.1) is 5.82 Å². The lowest BCUT2D eigenvalue weighted by Crippen LogP contribution is -2.51. The molecule has 0 radical (unpaired) electrons. The average Bonchev–Trinajstić information content (AvgIpc) is 2.35. The van der Waals surface area contributed by atoms with Crippen molar-refractivity contribution < 1.29 is 9.13 Å². The minimum absolute atomic E-state index is 0.169. The first-order valence-electron chi connectivity index (χ1n) is 6.81. The predicted octanol–water partition coefficient (Wildman–Crippen LogP) is 2.45. The summed E-state index contributed by atoms with van der Waals surface area (Å²) in [6.07, 6.45) is 2.17. The number of nitrogens with one attached hydrogen (secondary N) is 2. The normalized spacial score (nSPS) is 22.2. The van der Waals surface area contributed by atoms with E-state index in [1.165, 1.54) is 12.1 Å². The van der Waals surface area contributed by atoms with Crippen molar-refractivity contribution in [3.05, 3.63) is 29.6 Å². The van der Waals surface area contributed by atoms with E-state index in [-0.39, 0.29) is 11.4 Å². The monoisotopic (exact) mass is 266 g/mol. The van der Waals surface area contributed by atoms with Crippen molar-refractivity contribution in [1.82, 2.24) is 10.6 Å². The van der Waals surface area contributed by atoms with Crippen molar-refractivity contribution in [3.8, 4) is 5.75 Å². The third-order valence-corrected chi connectivity index (χ3v) is 3.68. The van der Waals surface area contributed by atoms with Crippen LogP contribution in [0.1, 0.15) is 32.3 Å². The zero-order valence-corrected chi connectivity index (χ0v) is 11.9. The Morgan fingerprint density at radius 3 is 2.95 bits per heavy atom. The van der Waals surface area contributed by atoms with Gasteiger partial charge in [0, 0.05) is 23.7 Å². The maximum absolute atomic E-state index is 13.3. The van der Waals surface area contributed by atoms with E-state index in [1.807, 2.05) is 0 Å². The molecule has 1 saturated heterocycles. The second-order valence-corrected chi connectivity index (χ2v) is 5.84. The lowest BCUT2D eigenvalue weighted by molar-refractivity contribution is 0.247. The van der Waals surface area contributed by atoms with Crippen LogP contribution in [0.3, 0.4) is 0 Å². The standard InChI is InChI=1S/C15H23FN2O/c1-15(2)9-13(6-7-18-15)17-10-11-8-12(16)4-5-14(11)19-3/h4-5,8,13,17-18H,6-7,9-10H2,1-3H3. The van der Waals surface area contributed by atoms with Crippen molar-refractivity contribution >= 4 is 0 Å². The van der Waals surface area contributed by atoms with Crippen LogP contribution in [0.15, 0.2) is 18.2 Å². The fraction of sp³-hybridized carbons (Fsp3) is 0.600. The summed E-state index contributed by atoms with van der Waals surface area (Å²) in [6.45, 7) is 6.08. The van der Waals surface area contributed by atoms with E-state index in [0.29, 0.717) is 12.6 Å². The van der Waals surface area contributed by atoms with Gasteiger partial charge in [-0.1, -0.05) is 0 Å². The van der Waals surface area contributed by atoms with Crippen molar-refractivity contribution in [2.45, 2.75) is 44.8 Å². The number of rotatable bonds is 4. The molecule has 2 rings (SSSR count). The molecule has 0 bridgehead atoms. The quantitative estimate of drug-likeness (QED) is 0.878. The average molecular weight is 266 g/mol. The number of piperidine rings is 1. The van der Waals surface area contributed by atoms with Crippen LogP contribution in [0.4, 0.5) is 4.39 Å². The molecule has 0 saturated carbocycles. The molecule has 106 valence electrons. The molecule has 0 aromatic heterocycles. The van der Waals surface area contributed by atoms with Crippen LogP contribution in [-0.4, -0.2) is 25.2 Å². The van der Waals surface area contributed by atoms with E-state index in [4.69, 9.17) is 4.74 Å². The van der Waals surface area contributed by atoms with Crippen LogP contribution in [0.2, 0.25) is 0 Å². The highest BCUT2D eigenvalue weighted by Crippen LogP contribution is 2.22. The van der Waals surface area contributed by atoms with Gasteiger partial charge in [-0.05, 0) is 51.4 Å². The number of hydrogen-bond donors (Lipinski definition) is 2. The van der Waals surface area contributed by atoms with E-state index in [0.717, 1.165) is 30.7 Å². The second kappa shape index (κ2) is 5.88. The fourth-order valence-corrected chi connectivity index (χ4v) is 2.69. The number of hydrogen-bond acceptors (Lipinski definition) is 3. The van der Waals surface area contributed by atoms with Gasteiger partial charge >= 0.3 is 0 Å². The van der Waals surface area contributed by atoms with Gasteiger partial charge in [0.2, 0.25) is 0 Å². The Balaban J connectivity index is 1.96. The molecule has 0 spiro atoms. The van der Waals surface area contributed by atoms with Crippen molar-refractivity contribution in [2.24, 2.45) is 0 Å². The van der Waals surface area contributed by atoms with Crippen LogP contribution in [0.5, 0.6) is 5.75 Å². The Hall–Kier alpha value is -1.13. The first-order valence-corrected chi connectivity index (χ1v) is 6.81. The maximum Gasteiger partial charge on any atom is 0.123 e. The SMILES string of the molecule is COc1ccc(F)cc1CNC1CCNC(C)(C)C1. The molecule has 2 N–H and O–H groups in total. The maximum atomic E-state index is 13.3. The van der Waals surface area contributed by atoms with E-state index in [1.54, 1.807) is 13.2 Å². The van der Waals surface area contributed by atoms with Crippen molar-refractivity contribution in [3.63, 3.8) is 0 Å². The molecule has 4 heteroatoms. The minimum Gasteiger partial charge on any atom is -0.496 e. The summed E-state index contributed by atoms with van der Waals surface area (Å²) in [7, 11) is 1.62. The molecular weight excluding hydrogens is 243 g/mol. The molecule has 3 nitrogen and oxygen atoms in total. The van der Waals surface area contributed by atoms with E-state index < -0.39 is 0 Å². The van der Waals surface area contributed by atoms with Gasteiger partial charge in [-0.15, -0.1) is 0 Å². The summed E-state index contributed by atoms with van der Waals surface area (Å²) < 4.78 is 18.5. The fourth-order valence-electron chi connectivity index (χ4n) is 2.69. The minimum atomic E-state index is -0.219. The van der Waals surface area contributed by atoms with Gasteiger partial charge in [0.25, 0.3) is 0 Å². The largest absolute Gasteiger partial charge is 0.496 e. The molecule has 0 amide bonds. The molecule has 1 aliphatic heterocycles. The van der Waals surface area contributed by atoms with E-state index in [9.17, 15) is 4.39 Å². The summed E-state index contributed by atoms with van der Waals surface area (Å²) in [6, 6.07) is 5.11. The van der Waals surface area contributed by atoms with Gasteiger partial charge in [0.1, 0.15) is 11.6 Å². The molecule has 1 aromatic carbocycles. The number of methoxy groups -OCH3 is 1. The Bertz CT molecular complexity index is 434. The van der Waals surface area contributed by atoms with Crippen LogP contribution >= 0.6 is 0 Å². The number of ether oxygens (including phenoxy) is 1. The third kappa shape index (κ3) is 3.91. The lowest BCUT2D eigenvalue weighted by Gasteiger charge is -2.37. The van der Waals surface area contributed by atoms with Gasteiger partial charge in [0.05, 0.1) is 7.11 Å². The second-order valence-electron chi connectivity index (χ2n) is 5.84. The zero-order chi connectivity index (χ0) is 13.9. The predicted molar refractivity (Wildman–Crippen MR) is 74.9 cm³/mol. The highest BCUT2D eigenvalue weighted by atomic mass is 19.1. The highest BCUT2D eigenvalue weighted by Gasteiger charge is 2.26. The summed E-state index contributed by atoms with van der Waals surface area (Å²) in [4.78, 5) is 0. The third-order valence-electron chi connectivity index (χ3n) is 3.68.